The lowest BCUT2D eigenvalue weighted by Gasteiger charge is -2.23. The molecule has 0 radical (unpaired) electrons. The Morgan fingerprint density at radius 1 is 0.652 bits per heavy atom. The number of para-hydroxylation sites is 2. The van der Waals surface area contributed by atoms with E-state index in [1.165, 1.54) is 0 Å². The second-order valence-electron chi connectivity index (χ2n) is 4.79. The minimum atomic E-state index is 0.510. The van der Waals surface area contributed by atoms with E-state index in [9.17, 15) is 0 Å². The first-order chi connectivity index (χ1) is 11.3. The molecule has 0 aliphatic rings. The highest BCUT2D eigenvalue weighted by Crippen LogP contribution is 2.32. The molecule has 3 rings (SSSR count). The van der Waals surface area contributed by atoms with Crippen LogP contribution in [0, 0.1) is 0 Å². The van der Waals surface area contributed by atoms with Crippen LogP contribution in [0.1, 0.15) is 0 Å². The Morgan fingerprint density at radius 3 is 1.48 bits per heavy atom. The molecule has 6 heteroatoms. The van der Waals surface area contributed by atoms with Crippen LogP contribution in [0.25, 0.3) is 0 Å². The van der Waals surface area contributed by atoms with Crippen molar-refractivity contribution in [1.29, 1.82) is 0 Å². The van der Waals surface area contributed by atoms with Gasteiger partial charge in [0.25, 0.3) is 0 Å². The van der Waals surface area contributed by atoms with Crippen LogP contribution in [-0.4, -0.2) is 29.0 Å². The van der Waals surface area contributed by atoms with Gasteiger partial charge in [-0.05, 0) is 24.3 Å². The molecular weight excluding hydrogens is 288 g/mol. The molecule has 1 aromatic heterocycles. The van der Waals surface area contributed by atoms with E-state index in [-0.39, 0.29) is 0 Å². The average molecular weight is 306 g/mol. The van der Waals surface area contributed by atoms with Gasteiger partial charge in [-0.25, -0.2) is 0 Å². The Balaban J connectivity index is 2.16. The van der Waals surface area contributed by atoms with Crippen LogP contribution in [0.2, 0.25) is 0 Å². The van der Waals surface area contributed by atoms with E-state index in [4.69, 9.17) is 0 Å². The molecule has 0 amide bonds. The molecule has 0 spiro atoms. The van der Waals surface area contributed by atoms with E-state index >= 15 is 0 Å². The molecule has 0 atom stereocenters. The van der Waals surface area contributed by atoms with Crippen LogP contribution in [0.3, 0.4) is 0 Å². The van der Waals surface area contributed by atoms with Crippen molar-refractivity contribution in [3.63, 3.8) is 0 Å². The smallest absolute Gasteiger partial charge is 0.241 e. The molecule has 6 nitrogen and oxygen atoms in total. The van der Waals surface area contributed by atoms with Crippen LogP contribution in [0.15, 0.2) is 60.7 Å². The van der Waals surface area contributed by atoms with Crippen molar-refractivity contribution in [2.75, 3.05) is 29.6 Å². The predicted molar refractivity (Wildman–Crippen MR) is 93.6 cm³/mol. The van der Waals surface area contributed by atoms with E-state index in [1.54, 1.807) is 14.1 Å². The quantitative estimate of drug-likeness (QED) is 0.753. The van der Waals surface area contributed by atoms with Crippen molar-refractivity contribution >= 4 is 29.2 Å². The fourth-order valence-electron chi connectivity index (χ4n) is 2.22. The van der Waals surface area contributed by atoms with Gasteiger partial charge in [-0.3, -0.25) is 4.90 Å². The van der Waals surface area contributed by atoms with Crippen LogP contribution in [-0.2, 0) is 0 Å². The van der Waals surface area contributed by atoms with Crippen LogP contribution in [0.4, 0.5) is 29.2 Å². The van der Waals surface area contributed by atoms with Gasteiger partial charge in [0.05, 0.1) is 0 Å². The minimum Gasteiger partial charge on any atom is -0.357 e. The van der Waals surface area contributed by atoms with Crippen LogP contribution >= 0.6 is 0 Å². The molecule has 0 unspecified atom stereocenters. The summed E-state index contributed by atoms with van der Waals surface area (Å²) in [6, 6.07) is 20.0. The normalized spacial score (nSPS) is 10.2. The van der Waals surface area contributed by atoms with Crippen molar-refractivity contribution in [3.8, 4) is 0 Å². The van der Waals surface area contributed by atoms with Gasteiger partial charge in [0, 0.05) is 25.5 Å². The number of hydrogen-bond donors (Lipinski definition) is 2. The molecule has 1 heterocycles. The molecule has 0 aliphatic carbocycles. The van der Waals surface area contributed by atoms with Crippen molar-refractivity contribution in [2.45, 2.75) is 0 Å². The van der Waals surface area contributed by atoms with Crippen LogP contribution in [0.5, 0.6) is 0 Å². The van der Waals surface area contributed by atoms with Gasteiger partial charge in [-0.15, -0.1) is 0 Å². The maximum Gasteiger partial charge on any atom is 0.241 e. The Morgan fingerprint density at radius 2 is 1.09 bits per heavy atom. The first-order valence-electron chi connectivity index (χ1n) is 7.33. The summed E-state index contributed by atoms with van der Waals surface area (Å²) in [6.07, 6.45) is 0. The first-order valence-corrected chi connectivity index (χ1v) is 7.33. The van der Waals surface area contributed by atoms with Gasteiger partial charge in [0.15, 0.2) is 0 Å². The number of nitrogens with one attached hydrogen (secondary N) is 2. The third-order valence-electron chi connectivity index (χ3n) is 3.30. The second kappa shape index (κ2) is 6.74. The van der Waals surface area contributed by atoms with Gasteiger partial charge in [0.2, 0.25) is 17.8 Å². The molecule has 23 heavy (non-hydrogen) atoms. The summed E-state index contributed by atoms with van der Waals surface area (Å²) in [7, 11) is 3.57. The van der Waals surface area contributed by atoms with E-state index < -0.39 is 0 Å². The molecular formula is C17H18N6. The largest absolute Gasteiger partial charge is 0.357 e. The van der Waals surface area contributed by atoms with Gasteiger partial charge in [-0.1, -0.05) is 36.4 Å². The summed E-state index contributed by atoms with van der Waals surface area (Å²) in [4.78, 5) is 15.3. The zero-order chi connectivity index (χ0) is 16.1. The molecule has 0 aliphatic heterocycles. The van der Waals surface area contributed by atoms with E-state index in [0.29, 0.717) is 17.8 Å². The van der Waals surface area contributed by atoms with Crippen molar-refractivity contribution in [2.24, 2.45) is 0 Å². The fourth-order valence-corrected chi connectivity index (χ4v) is 2.22. The zero-order valence-corrected chi connectivity index (χ0v) is 13.1. The van der Waals surface area contributed by atoms with Gasteiger partial charge in [0.1, 0.15) is 0 Å². The SMILES string of the molecule is CNc1nc(NC)nc(N(c2ccccc2)c2ccccc2)n1. The first kappa shape index (κ1) is 14.8. The summed E-state index contributed by atoms with van der Waals surface area (Å²) in [5.74, 6) is 1.57. The highest BCUT2D eigenvalue weighted by atomic mass is 15.3. The predicted octanol–water partition coefficient (Wildman–Crippen LogP) is 3.42. The summed E-state index contributed by atoms with van der Waals surface area (Å²) in [6.45, 7) is 0. The maximum absolute atomic E-state index is 4.51. The highest BCUT2D eigenvalue weighted by molar-refractivity contribution is 5.73. The van der Waals surface area contributed by atoms with Crippen molar-refractivity contribution in [1.82, 2.24) is 15.0 Å². The standard InChI is InChI=1S/C17H18N6/c1-18-15-20-16(19-2)22-17(21-15)23(13-9-5-3-6-10-13)14-11-7-4-8-12-14/h3-12H,1-2H3,(H2,18,19,20,21,22). The summed E-state index contributed by atoms with van der Waals surface area (Å²) < 4.78 is 0. The monoisotopic (exact) mass is 306 g/mol. The van der Waals surface area contributed by atoms with E-state index in [0.717, 1.165) is 11.4 Å². The summed E-state index contributed by atoms with van der Waals surface area (Å²) in [5, 5.41) is 5.94. The second-order valence-corrected chi connectivity index (χ2v) is 4.79. The Hall–Kier alpha value is -3.15. The maximum atomic E-state index is 4.51. The molecule has 3 aromatic rings. The average Bonchev–Trinajstić information content (AvgIpc) is 2.63. The number of rotatable bonds is 5. The molecule has 0 saturated carbocycles. The summed E-state index contributed by atoms with van der Waals surface area (Å²) in [5.41, 5.74) is 1.96. The van der Waals surface area contributed by atoms with Crippen LogP contribution < -0.4 is 15.5 Å². The molecule has 0 saturated heterocycles. The minimum absolute atomic E-state index is 0.510. The van der Waals surface area contributed by atoms with Crippen molar-refractivity contribution in [3.05, 3.63) is 60.7 Å². The molecule has 116 valence electrons. The molecule has 2 N–H and O–H groups in total. The number of nitrogens with zero attached hydrogens (tertiary/aromatic N) is 4. The highest BCUT2D eigenvalue weighted by Gasteiger charge is 2.16. The van der Waals surface area contributed by atoms with E-state index in [1.807, 2.05) is 65.6 Å². The fraction of sp³-hybridized carbons (Fsp3) is 0.118. The van der Waals surface area contributed by atoms with Gasteiger partial charge in [-0.2, -0.15) is 15.0 Å². The summed E-state index contributed by atoms with van der Waals surface area (Å²) >= 11 is 0. The Kier molecular flexibility index (Phi) is 4.33. The van der Waals surface area contributed by atoms with Gasteiger partial charge < -0.3 is 10.6 Å². The lowest BCUT2D eigenvalue weighted by Crippen LogP contribution is -2.16. The van der Waals surface area contributed by atoms with Crippen molar-refractivity contribution < 1.29 is 0 Å². The lowest BCUT2D eigenvalue weighted by atomic mass is 10.2. The molecule has 0 bridgehead atoms. The number of hydrogen-bond acceptors (Lipinski definition) is 6. The lowest BCUT2D eigenvalue weighted by molar-refractivity contribution is 1.01. The molecule has 0 fully saturated rings. The molecule has 2 aromatic carbocycles. The Labute approximate surface area is 135 Å². The zero-order valence-electron chi connectivity index (χ0n) is 13.1. The van der Waals surface area contributed by atoms with Gasteiger partial charge >= 0.3 is 0 Å². The Bertz CT molecular complexity index is 699. The third-order valence-corrected chi connectivity index (χ3v) is 3.30. The number of aromatic nitrogens is 3. The topological polar surface area (TPSA) is 66.0 Å². The van der Waals surface area contributed by atoms with E-state index in [2.05, 4.69) is 25.6 Å². The number of benzene rings is 2. The number of anilines is 5. The third kappa shape index (κ3) is 3.21.